The Morgan fingerprint density at radius 2 is 1.61 bits per heavy atom. The van der Waals surface area contributed by atoms with Crippen molar-refractivity contribution >= 4 is 11.6 Å². The molecule has 0 spiro atoms. The Bertz CT molecular complexity index is 922. The molecule has 0 amide bonds. The van der Waals surface area contributed by atoms with Gasteiger partial charge in [-0.25, -0.2) is 18.6 Å². The second-order valence-electron chi connectivity index (χ2n) is 6.32. The van der Waals surface area contributed by atoms with E-state index >= 15 is 0 Å². The Balaban J connectivity index is 0.000000500. The zero-order valence-corrected chi connectivity index (χ0v) is 17.6. The molecule has 8 heteroatoms. The summed E-state index contributed by atoms with van der Waals surface area (Å²) in [7, 11) is -0.791. The molecule has 2 aromatic carbocycles. The van der Waals surface area contributed by atoms with Crippen LogP contribution in [0.4, 0.5) is 0 Å². The van der Waals surface area contributed by atoms with Gasteiger partial charge in [0.05, 0.1) is 12.1 Å². The second-order valence-corrected chi connectivity index (χ2v) is 7.49. The van der Waals surface area contributed by atoms with E-state index in [0.717, 1.165) is 22.7 Å². The molecule has 0 aliphatic heterocycles. The van der Waals surface area contributed by atoms with Gasteiger partial charge in [0.2, 0.25) is 5.69 Å². The van der Waals surface area contributed by atoms with Crippen molar-refractivity contribution in [2.24, 2.45) is 14.1 Å². The number of nitrogens with zero attached hydrogens (tertiary/aromatic N) is 2. The molecule has 0 aliphatic rings. The van der Waals surface area contributed by atoms with E-state index in [1.54, 1.807) is 0 Å². The first kappa shape index (κ1) is 22.4. The quantitative estimate of drug-likeness (QED) is 0.550. The maximum atomic E-state index is 8.49. The fraction of sp³-hybridized carbons (Fsp3) is 0.250. The Labute approximate surface area is 171 Å². The number of hydrogen-bond donors (Lipinski definition) is 0. The van der Waals surface area contributed by atoms with Crippen LogP contribution in [0, 0.1) is 17.2 Å². The van der Waals surface area contributed by atoms with E-state index in [4.69, 9.17) is 30.2 Å². The zero-order valence-electron chi connectivity index (χ0n) is 16.1. The highest BCUT2D eigenvalue weighted by atomic mass is 35.7. The number of halogens is 2. The van der Waals surface area contributed by atoms with Gasteiger partial charge in [-0.05, 0) is 42.7 Å². The predicted octanol–water partition coefficient (Wildman–Crippen LogP) is -0.0482. The van der Waals surface area contributed by atoms with Gasteiger partial charge in [-0.2, -0.15) is 4.68 Å². The lowest BCUT2D eigenvalue weighted by molar-refractivity contribution is -2.00. The van der Waals surface area contributed by atoms with Crippen molar-refractivity contribution in [3.05, 3.63) is 64.7 Å². The molecule has 0 fully saturated rings. The van der Waals surface area contributed by atoms with Gasteiger partial charge in [0.15, 0.2) is 7.05 Å². The Morgan fingerprint density at radius 1 is 1.04 bits per heavy atom. The number of hydrogen-bond acceptors (Lipinski definition) is 4. The molecule has 0 aliphatic carbocycles. The molecule has 0 atom stereocenters. The minimum absolute atomic E-state index is 0.791. The lowest BCUT2D eigenvalue weighted by atomic mass is 10.0. The van der Waals surface area contributed by atoms with Crippen LogP contribution in [-0.4, -0.2) is 4.68 Å². The van der Waals surface area contributed by atoms with Crippen LogP contribution in [0.25, 0.3) is 22.5 Å². The molecule has 0 radical (unpaired) electrons. The van der Waals surface area contributed by atoms with Crippen LogP contribution in [0.1, 0.15) is 18.1 Å². The van der Waals surface area contributed by atoms with Crippen LogP contribution >= 0.6 is 11.6 Å². The standard InChI is InChI=1S/C20H22ClN2.ClHO4/c1-5-15-9-11-16(12-10-15)18-13-19(23(4)22(18)3)20-14(2)7-6-8-17(20)21;2-1(3,4)5/h6-13H,5H2,1-4H3;(H,2,3,4,5)/q+1;/p-1. The molecule has 28 heavy (non-hydrogen) atoms. The summed E-state index contributed by atoms with van der Waals surface area (Å²) in [4.78, 5) is 0. The average Bonchev–Trinajstić information content (AvgIpc) is 2.89. The second kappa shape index (κ2) is 9.05. The first-order valence-electron chi connectivity index (χ1n) is 8.55. The van der Waals surface area contributed by atoms with Gasteiger partial charge in [-0.3, -0.25) is 0 Å². The monoisotopic (exact) mass is 424 g/mol. The predicted molar refractivity (Wildman–Crippen MR) is 96.6 cm³/mol. The van der Waals surface area contributed by atoms with Gasteiger partial charge in [-0.1, -0.05) is 42.8 Å². The van der Waals surface area contributed by atoms with Crippen molar-refractivity contribution in [2.45, 2.75) is 20.3 Å². The van der Waals surface area contributed by atoms with E-state index in [1.807, 2.05) is 12.1 Å². The number of rotatable bonds is 3. The van der Waals surface area contributed by atoms with E-state index in [0.29, 0.717) is 0 Å². The molecule has 0 saturated carbocycles. The summed E-state index contributed by atoms with van der Waals surface area (Å²) in [5, 5.41) is 0.791. The van der Waals surface area contributed by atoms with Crippen LogP contribution in [0.3, 0.4) is 0 Å². The molecule has 3 rings (SSSR count). The normalized spacial score (nSPS) is 11.2. The minimum Gasteiger partial charge on any atom is -0.222 e. The van der Waals surface area contributed by atoms with Crippen LogP contribution in [-0.2, 0) is 20.5 Å². The largest absolute Gasteiger partial charge is 0.238 e. The topological polar surface area (TPSA) is 101 Å². The molecule has 1 heterocycles. The lowest BCUT2D eigenvalue weighted by Crippen LogP contribution is -2.68. The Morgan fingerprint density at radius 3 is 2.11 bits per heavy atom. The van der Waals surface area contributed by atoms with Gasteiger partial charge in [0.1, 0.15) is 5.69 Å². The summed E-state index contributed by atoms with van der Waals surface area (Å²) in [6, 6.07) is 17.0. The van der Waals surface area contributed by atoms with Crippen molar-refractivity contribution in [3.8, 4) is 22.5 Å². The summed E-state index contributed by atoms with van der Waals surface area (Å²) in [6.07, 6.45) is 1.06. The van der Waals surface area contributed by atoms with Crippen LogP contribution < -0.4 is 23.3 Å². The maximum absolute atomic E-state index is 8.49. The zero-order chi connectivity index (χ0) is 21.1. The number of aryl methyl sites for hydroxylation is 2. The van der Waals surface area contributed by atoms with Crippen molar-refractivity contribution in [2.75, 3.05) is 0 Å². The number of benzene rings is 2. The molecule has 0 saturated heterocycles. The molecule has 0 bridgehead atoms. The van der Waals surface area contributed by atoms with Crippen molar-refractivity contribution < 1.29 is 33.6 Å². The Hall–Kier alpha value is -1.93. The van der Waals surface area contributed by atoms with Crippen molar-refractivity contribution in [1.82, 2.24) is 4.68 Å². The highest BCUT2D eigenvalue weighted by Crippen LogP contribution is 2.32. The minimum atomic E-state index is -4.94. The van der Waals surface area contributed by atoms with E-state index in [1.165, 1.54) is 22.4 Å². The molecular weight excluding hydrogens is 403 g/mol. The summed E-state index contributed by atoms with van der Waals surface area (Å²) in [6.45, 7) is 4.28. The van der Waals surface area contributed by atoms with Crippen LogP contribution in [0.15, 0.2) is 48.5 Å². The molecular formula is C20H22Cl2N2O4. The molecule has 0 N–H and O–H groups in total. The highest BCUT2D eigenvalue weighted by molar-refractivity contribution is 6.33. The lowest BCUT2D eigenvalue weighted by Gasteiger charge is -2.17. The van der Waals surface area contributed by atoms with Gasteiger partial charge >= 0.3 is 0 Å². The Kier molecular flexibility index (Phi) is 7.22. The van der Waals surface area contributed by atoms with E-state index < -0.39 is 10.2 Å². The first-order chi connectivity index (χ1) is 13.0. The molecule has 150 valence electrons. The summed E-state index contributed by atoms with van der Waals surface area (Å²) >= 11 is 6.46. The van der Waals surface area contributed by atoms with Gasteiger partial charge in [0, 0.05) is 17.2 Å². The fourth-order valence-electron chi connectivity index (χ4n) is 3.01. The van der Waals surface area contributed by atoms with E-state index in [9.17, 15) is 0 Å². The third kappa shape index (κ3) is 5.54. The molecule has 6 nitrogen and oxygen atoms in total. The third-order valence-electron chi connectivity index (χ3n) is 4.56. The van der Waals surface area contributed by atoms with Gasteiger partial charge < -0.3 is 0 Å². The fourth-order valence-corrected chi connectivity index (χ4v) is 3.33. The SMILES string of the molecule is CCc1ccc(-c2cc(-c3c(C)cccc3Cl)n(C)[n+]2C)cc1.[O-][Cl+3]([O-])([O-])[O-]. The number of aromatic nitrogens is 2. The third-order valence-corrected chi connectivity index (χ3v) is 4.87. The summed E-state index contributed by atoms with van der Waals surface area (Å²) in [5.74, 6) is 0. The molecule has 3 aromatic rings. The van der Waals surface area contributed by atoms with E-state index in [2.05, 4.69) is 73.7 Å². The summed E-state index contributed by atoms with van der Waals surface area (Å²) < 4.78 is 38.3. The van der Waals surface area contributed by atoms with Gasteiger partial charge in [0.25, 0.3) is 0 Å². The van der Waals surface area contributed by atoms with Crippen molar-refractivity contribution in [1.29, 1.82) is 0 Å². The molecule has 0 unspecified atom stereocenters. The van der Waals surface area contributed by atoms with Crippen LogP contribution in [0.5, 0.6) is 0 Å². The highest BCUT2D eigenvalue weighted by Gasteiger charge is 2.22. The average molecular weight is 425 g/mol. The maximum Gasteiger partial charge on any atom is 0.238 e. The first-order valence-corrected chi connectivity index (χ1v) is 10.2. The van der Waals surface area contributed by atoms with Crippen LogP contribution in [0.2, 0.25) is 5.02 Å². The summed E-state index contributed by atoms with van der Waals surface area (Å²) in [5.41, 5.74) is 7.18. The van der Waals surface area contributed by atoms with Gasteiger partial charge in [-0.15, -0.1) is 14.9 Å². The molecule has 1 aromatic heterocycles. The van der Waals surface area contributed by atoms with E-state index in [-0.39, 0.29) is 0 Å². The van der Waals surface area contributed by atoms with Crippen molar-refractivity contribution in [3.63, 3.8) is 0 Å². The smallest absolute Gasteiger partial charge is 0.222 e.